The van der Waals surface area contributed by atoms with E-state index in [4.69, 9.17) is 4.42 Å². The van der Waals surface area contributed by atoms with Gasteiger partial charge in [-0.15, -0.1) is 0 Å². The summed E-state index contributed by atoms with van der Waals surface area (Å²) in [5, 5.41) is 3.14. The number of anilines is 2. The Bertz CT molecular complexity index is 514. The summed E-state index contributed by atoms with van der Waals surface area (Å²) in [4.78, 5) is 4.27. The van der Waals surface area contributed by atoms with Crippen molar-refractivity contribution >= 4 is 17.8 Å². The lowest BCUT2D eigenvalue weighted by Gasteiger charge is -2.04. The largest absolute Gasteiger partial charge is 0.428 e. The van der Waals surface area contributed by atoms with Crippen LogP contribution < -0.4 is 5.32 Å². The first-order valence-electron chi connectivity index (χ1n) is 5.13. The van der Waals surface area contributed by atoms with E-state index in [-0.39, 0.29) is 0 Å². The number of nitrogens with one attached hydrogen (secondary N) is 1. The summed E-state index contributed by atoms with van der Waals surface area (Å²) in [6.45, 7) is 7.58. The molecule has 0 saturated heterocycles. The summed E-state index contributed by atoms with van der Waals surface area (Å²) >= 11 is 0. The average molecular weight is 214 g/mol. The first-order valence-corrected chi connectivity index (χ1v) is 5.13. The van der Waals surface area contributed by atoms with Crippen LogP contribution in [0.1, 0.15) is 17.0 Å². The lowest BCUT2D eigenvalue weighted by Crippen LogP contribution is -1.92. The summed E-state index contributed by atoms with van der Waals surface area (Å²) in [7, 11) is 0. The van der Waals surface area contributed by atoms with E-state index < -0.39 is 0 Å². The maximum absolute atomic E-state index is 5.47. The van der Waals surface area contributed by atoms with Crippen LogP contribution in [-0.4, -0.2) is 4.98 Å². The Morgan fingerprint density at radius 1 is 1.31 bits per heavy atom. The van der Waals surface area contributed by atoms with Gasteiger partial charge in [0.05, 0.1) is 0 Å². The third-order valence-corrected chi connectivity index (χ3v) is 2.41. The molecule has 0 spiro atoms. The molecular formula is C13H14N2O. The van der Waals surface area contributed by atoms with Crippen molar-refractivity contribution in [1.29, 1.82) is 0 Å². The van der Waals surface area contributed by atoms with Crippen molar-refractivity contribution in [3.63, 3.8) is 0 Å². The predicted octanol–water partition coefficient (Wildman–Crippen LogP) is 3.68. The second kappa shape index (κ2) is 4.23. The molecule has 82 valence electrons. The molecule has 3 nitrogen and oxygen atoms in total. The molecule has 0 aliphatic rings. The number of oxazole rings is 1. The zero-order chi connectivity index (χ0) is 11.5. The fraction of sp³-hybridized carbons (Fsp3) is 0.154. The van der Waals surface area contributed by atoms with Gasteiger partial charge in [-0.2, -0.15) is 4.98 Å². The van der Waals surface area contributed by atoms with Crippen molar-refractivity contribution in [1.82, 2.24) is 4.98 Å². The molecule has 0 amide bonds. The standard InChI is InChI=1S/C13H14N2O/c1-4-11-10(3)16-13(14-11)15-12-8-6-5-7-9(12)2/h4-8H,1H2,2-3H3,(H,14,15). The van der Waals surface area contributed by atoms with E-state index in [1.54, 1.807) is 6.08 Å². The van der Waals surface area contributed by atoms with E-state index in [0.29, 0.717) is 6.01 Å². The molecule has 0 saturated carbocycles. The summed E-state index contributed by atoms with van der Waals surface area (Å²) in [5.41, 5.74) is 2.92. The van der Waals surface area contributed by atoms with Gasteiger partial charge >= 0.3 is 0 Å². The van der Waals surface area contributed by atoms with Crippen molar-refractivity contribution in [3.8, 4) is 0 Å². The number of hydrogen-bond donors (Lipinski definition) is 1. The highest BCUT2D eigenvalue weighted by Gasteiger charge is 2.07. The fourth-order valence-corrected chi connectivity index (χ4v) is 1.48. The van der Waals surface area contributed by atoms with Gasteiger partial charge in [-0.25, -0.2) is 0 Å². The minimum Gasteiger partial charge on any atom is -0.428 e. The Balaban J connectivity index is 2.27. The van der Waals surface area contributed by atoms with Gasteiger partial charge in [-0.1, -0.05) is 24.8 Å². The van der Waals surface area contributed by atoms with Crippen LogP contribution in [0.4, 0.5) is 11.7 Å². The van der Waals surface area contributed by atoms with Crippen LogP contribution in [0.5, 0.6) is 0 Å². The molecule has 1 aromatic carbocycles. The quantitative estimate of drug-likeness (QED) is 0.847. The van der Waals surface area contributed by atoms with Crippen molar-refractivity contribution in [2.45, 2.75) is 13.8 Å². The molecule has 3 heteroatoms. The number of aryl methyl sites for hydroxylation is 2. The van der Waals surface area contributed by atoms with Crippen molar-refractivity contribution < 1.29 is 4.42 Å². The van der Waals surface area contributed by atoms with E-state index >= 15 is 0 Å². The molecule has 2 rings (SSSR count). The Hall–Kier alpha value is -2.03. The summed E-state index contributed by atoms with van der Waals surface area (Å²) in [6.07, 6.45) is 1.68. The third kappa shape index (κ3) is 1.98. The molecule has 16 heavy (non-hydrogen) atoms. The molecule has 0 unspecified atom stereocenters. The van der Waals surface area contributed by atoms with Gasteiger partial charge in [0.25, 0.3) is 6.01 Å². The first kappa shape index (κ1) is 10.5. The summed E-state index contributed by atoms with van der Waals surface area (Å²) < 4.78 is 5.47. The molecule has 0 atom stereocenters. The molecule has 0 bridgehead atoms. The van der Waals surface area contributed by atoms with Crippen molar-refractivity contribution in [2.24, 2.45) is 0 Å². The monoisotopic (exact) mass is 214 g/mol. The topological polar surface area (TPSA) is 38.1 Å². The number of para-hydroxylation sites is 1. The number of aromatic nitrogens is 1. The molecule has 1 N–H and O–H groups in total. The van der Waals surface area contributed by atoms with E-state index in [9.17, 15) is 0 Å². The van der Waals surface area contributed by atoms with Crippen LogP contribution in [0, 0.1) is 13.8 Å². The molecule has 1 aromatic heterocycles. The molecule has 0 aliphatic heterocycles. The Labute approximate surface area is 94.8 Å². The molecular weight excluding hydrogens is 200 g/mol. The third-order valence-electron chi connectivity index (χ3n) is 2.41. The van der Waals surface area contributed by atoms with Gasteiger partial charge in [0.1, 0.15) is 11.5 Å². The van der Waals surface area contributed by atoms with E-state index in [2.05, 4.69) is 16.9 Å². The molecule has 0 radical (unpaired) electrons. The minimum absolute atomic E-state index is 0.502. The van der Waals surface area contributed by atoms with Crippen LogP contribution in [0.25, 0.3) is 6.08 Å². The van der Waals surface area contributed by atoms with Crippen molar-refractivity contribution in [2.75, 3.05) is 5.32 Å². The highest BCUT2D eigenvalue weighted by atomic mass is 16.4. The van der Waals surface area contributed by atoms with Gasteiger partial charge in [0.2, 0.25) is 0 Å². The van der Waals surface area contributed by atoms with E-state index in [1.807, 2.05) is 38.1 Å². The van der Waals surface area contributed by atoms with Gasteiger partial charge in [0, 0.05) is 5.69 Å². The molecule has 0 fully saturated rings. The maximum Gasteiger partial charge on any atom is 0.299 e. The van der Waals surface area contributed by atoms with Crippen LogP contribution >= 0.6 is 0 Å². The number of nitrogens with zero attached hydrogens (tertiary/aromatic N) is 1. The SMILES string of the molecule is C=Cc1nc(Nc2ccccc2C)oc1C. The second-order valence-corrected chi connectivity index (χ2v) is 3.60. The van der Waals surface area contributed by atoms with Crippen molar-refractivity contribution in [3.05, 3.63) is 47.9 Å². The van der Waals surface area contributed by atoms with Crippen LogP contribution in [0.2, 0.25) is 0 Å². The van der Waals surface area contributed by atoms with Gasteiger partial charge < -0.3 is 9.73 Å². The maximum atomic E-state index is 5.47. The number of hydrogen-bond acceptors (Lipinski definition) is 3. The van der Waals surface area contributed by atoms with Gasteiger partial charge in [-0.05, 0) is 31.6 Å². The zero-order valence-corrected chi connectivity index (χ0v) is 9.45. The highest BCUT2D eigenvalue weighted by molar-refractivity contribution is 5.58. The first-order chi connectivity index (χ1) is 7.70. The predicted molar refractivity (Wildman–Crippen MR) is 65.8 cm³/mol. The minimum atomic E-state index is 0.502. The van der Waals surface area contributed by atoms with E-state index in [1.165, 1.54) is 0 Å². The summed E-state index contributed by atoms with van der Waals surface area (Å²) in [6, 6.07) is 8.49. The second-order valence-electron chi connectivity index (χ2n) is 3.60. The summed E-state index contributed by atoms with van der Waals surface area (Å²) in [5.74, 6) is 0.770. The number of rotatable bonds is 3. The van der Waals surface area contributed by atoms with Gasteiger partial charge in [-0.3, -0.25) is 0 Å². The van der Waals surface area contributed by atoms with Gasteiger partial charge in [0.15, 0.2) is 0 Å². The molecule has 2 aromatic rings. The zero-order valence-electron chi connectivity index (χ0n) is 9.45. The molecule has 0 aliphatic carbocycles. The smallest absolute Gasteiger partial charge is 0.299 e. The Morgan fingerprint density at radius 2 is 2.06 bits per heavy atom. The molecule has 1 heterocycles. The normalized spacial score (nSPS) is 10.1. The lowest BCUT2D eigenvalue weighted by atomic mass is 10.2. The fourth-order valence-electron chi connectivity index (χ4n) is 1.48. The lowest BCUT2D eigenvalue weighted by molar-refractivity contribution is 0.545. The number of benzene rings is 1. The van der Waals surface area contributed by atoms with Crippen LogP contribution in [-0.2, 0) is 0 Å². The highest BCUT2D eigenvalue weighted by Crippen LogP contribution is 2.21. The van der Waals surface area contributed by atoms with E-state index in [0.717, 1.165) is 22.7 Å². The Morgan fingerprint density at radius 3 is 2.69 bits per heavy atom. The average Bonchev–Trinajstić information content (AvgIpc) is 2.62. The van der Waals surface area contributed by atoms with Crippen LogP contribution in [0.3, 0.4) is 0 Å². The van der Waals surface area contributed by atoms with Crippen LogP contribution in [0.15, 0.2) is 35.3 Å². The Kier molecular flexibility index (Phi) is 2.77.